The van der Waals surface area contributed by atoms with Crippen LogP contribution >= 0.6 is 0 Å². The molecule has 0 bridgehead atoms. The van der Waals surface area contributed by atoms with Gasteiger partial charge < -0.3 is 42.8 Å². The molecule has 1 saturated heterocycles. The van der Waals surface area contributed by atoms with Gasteiger partial charge in [-0.25, -0.2) is 0 Å². The number of carbonyl (C=O) groups is 1. The number of esters is 1. The first-order valence-corrected chi connectivity index (χ1v) is 13.7. The number of hydrogen-bond acceptors (Lipinski definition) is 11. The van der Waals surface area contributed by atoms with Crippen LogP contribution in [0.25, 0.3) is 0 Å². The van der Waals surface area contributed by atoms with Gasteiger partial charge in [0.15, 0.2) is 0 Å². The van der Waals surface area contributed by atoms with Gasteiger partial charge in [-0.3, -0.25) is 9.69 Å². The van der Waals surface area contributed by atoms with Crippen molar-refractivity contribution in [3.63, 3.8) is 0 Å². The van der Waals surface area contributed by atoms with Crippen LogP contribution < -0.4 is 0 Å². The summed E-state index contributed by atoms with van der Waals surface area (Å²) in [7, 11) is 1.43. The van der Waals surface area contributed by atoms with E-state index < -0.39 is 0 Å². The second kappa shape index (κ2) is 25.4. The van der Waals surface area contributed by atoms with Gasteiger partial charge in [-0.1, -0.05) is 13.8 Å². The van der Waals surface area contributed by atoms with Crippen LogP contribution in [-0.2, 0) is 42.7 Å². The molecule has 11 heteroatoms. The van der Waals surface area contributed by atoms with Crippen molar-refractivity contribution < 1.29 is 42.7 Å². The molecule has 0 spiro atoms. The predicted octanol–water partition coefficient (Wildman–Crippen LogP) is 0.939. The summed E-state index contributed by atoms with van der Waals surface area (Å²) < 4.78 is 43.2. The molecule has 1 aliphatic heterocycles. The summed E-state index contributed by atoms with van der Waals surface area (Å²) in [6.45, 7) is 18.1. The monoisotopic (exact) mass is 536 g/mol. The Morgan fingerprint density at radius 3 is 1.30 bits per heavy atom. The van der Waals surface area contributed by atoms with Crippen molar-refractivity contribution in [3.8, 4) is 0 Å². The van der Waals surface area contributed by atoms with Crippen LogP contribution in [-0.4, -0.2) is 155 Å². The molecule has 11 nitrogen and oxygen atoms in total. The number of carbonyl (C=O) groups excluding carboxylic acids is 1. The van der Waals surface area contributed by atoms with Crippen LogP contribution in [0.3, 0.4) is 0 Å². The van der Waals surface area contributed by atoms with Crippen molar-refractivity contribution in [1.82, 2.24) is 9.80 Å². The third kappa shape index (κ3) is 22.8. The van der Waals surface area contributed by atoms with E-state index in [-0.39, 0.29) is 5.97 Å². The van der Waals surface area contributed by atoms with Crippen LogP contribution in [0.5, 0.6) is 0 Å². The molecule has 0 N–H and O–H groups in total. The molecule has 0 unspecified atom stereocenters. The molecule has 37 heavy (non-hydrogen) atoms. The van der Waals surface area contributed by atoms with Gasteiger partial charge in [-0.05, 0) is 5.92 Å². The molecule has 1 rings (SSSR count). The second-order valence-electron chi connectivity index (χ2n) is 9.15. The summed E-state index contributed by atoms with van der Waals surface area (Å²) >= 11 is 0. The molecule has 1 aliphatic rings. The minimum absolute atomic E-state index is 0.146. The van der Waals surface area contributed by atoms with Gasteiger partial charge in [-0.2, -0.15) is 0 Å². The second-order valence-corrected chi connectivity index (χ2v) is 9.15. The molecule has 0 amide bonds. The zero-order valence-electron chi connectivity index (χ0n) is 23.5. The van der Waals surface area contributed by atoms with Crippen LogP contribution in [0.4, 0.5) is 0 Å². The van der Waals surface area contributed by atoms with Crippen LogP contribution in [0.15, 0.2) is 0 Å². The molecule has 1 fully saturated rings. The van der Waals surface area contributed by atoms with Crippen molar-refractivity contribution in [2.45, 2.75) is 20.3 Å². The predicted molar refractivity (Wildman–Crippen MR) is 140 cm³/mol. The standard InChI is InChI=1S/C26H52N2O9/c1-25(2)24-37-23-22-36-21-20-35-19-18-34-17-16-33-15-14-32-13-12-31-11-10-28-8-6-27(7-9-28)5-4-26(29)30-3/h25H,4-24H2,1-3H3. The molecule has 0 aliphatic carbocycles. The van der Waals surface area contributed by atoms with Gasteiger partial charge in [-0.15, -0.1) is 0 Å². The molecule has 0 aromatic carbocycles. The number of rotatable bonds is 26. The van der Waals surface area contributed by atoms with Crippen LogP contribution in [0, 0.1) is 5.92 Å². The average Bonchev–Trinajstić information content (AvgIpc) is 2.90. The quantitative estimate of drug-likeness (QED) is 0.117. The van der Waals surface area contributed by atoms with E-state index in [4.69, 9.17) is 37.9 Å². The lowest BCUT2D eigenvalue weighted by Gasteiger charge is -2.34. The lowest BCUT2D eigenvalue weighted by Crippen LogP contribution is -2.47. The number of hydrogen-bond donors (Lipinski definition) is 0. The maximum absolute atomic E-state index is 11.2. The van der Waals surface area contributed by atoms with E-state index in [0.29, 0.717) is 98.2 Å². The first kappa shape index (κ1) is 34.1. The topological polar surface area (TPSA) is 97.4 Å². The van der Waals surface area contributed by atoms with E-state index in [1.807, 2.05) is 0 Å². The highest BCUT2D eigenvalue weighted by molar-refractivity contribution is 5.69. The van der Waals surface area contributed by atoms with Gasteiger partial charge in [0.2, 0.25) is 0 Å². The molecule has 0 radical (unpaired) electrons. The Bertz CT molecular complexity index is 506. The molecular weight excluding hydrogens is 484 g/mol. The molecule has 220 valence electrons. The van der Waals surface area contributed by atoms with Crippen LogP contribution in [0.2, 0.25) is 0 Å². The van der Waals surface area contributed by atoms with Gasteiger partial charge in [0.05, 0.1) is 99.4 Å². The summed E-state index contributed by atoms with van der Waals surface area (Å²) in [5.41, 5.74) is 0. The number of ether oxygens (including phenoxy) is 8. The number of piperazine rings is 1. The Morgan fingerprint density at radius 2 is 0.919 bits per heavy atom. The van der Waals surface area contributed by atoms with E-state index in [1.165, 1.54) is 7.11 Å². The molecule has 0 aromatic rings. The third-order valence-electron chi connectivity index (χ3n) is 5.56. The maximum Gasteiger partial charge on any atom is 0.306 e. The van der Waals surface area contributed by atoms with Crippen molar-refractivity contribution >= 4 is 5.97 Å². The fraction of sp³-hybridized carbons (Fsp3) is 0.962. The molecule has 1 heterocycles. The smallest absolute Gasteiger partial charge is 0.306 e. The third-order valence-corrected chi connectivity index (χ3v) is 5.56. The van der Waals surface area contributed by atoms with Crippen molar-refractivity contribution in [1.29, 1.82) is 0 Å². The minimum atomic E-state index is -0.146. The van der Waals surface area contributed by atoms with E-state index in [1.54, 1.807) is 0 Å². The Hall–Kier alpha value is -0.890. The Balaban J connectivity index is 1.70. The highest BCUT2D eigenvalue weighted by Crippen LogP contribution is 2.03. The van der Waals surface area contributed by atoms with Crippen molar-refractivity contribution in [3.05, 3.63) is 0 Å². The largest absolute Gasteiger partial charge is 0.469 e. The minimum Gasteiger partial charge on any atom is -0.469 e. The van der Waals surface area contributed by atoms with E-state index in [9.17, 15) is 4.79 Å². The zero-order valence-corrected chi connectivity index (χ0v) is 23.5. The Morgan fingerprint density at radius 1 is 0.568 bits per heavy atom. The van der Waals surface area contributed by atoms with E-state index >= 15 is 0 Å². The number of nitrogens with zero attached hydrogens (tertiary/aromatic N) is 2. The zero-order chi connectivity index (χ0) is 26.8. The fourth-order valence-electron chi connectivity index (χ4n) is 3.42. The van der Waals surface area contributed by atoms with Crippen molar-refractivity contribution in [2.75, 3.05) is 139 Å². The highest BCUT2D eigenvalue weighted by Gasteiger charge is 2.17. The van der Waals surface area contributed by atoms with Crippen molar-refractivity contribution in [2.24, 2.45) is 5.92 Å². The summed E-state index contributed by atoms with van der Waals surface area (Å²) in [5, 5.41) is 0. The van der Waals surface area contributed by atoms with Gasteiger partial charge in [0, 0.05) is 45.9 Å². The van der Waals surface area contributed by atoms with Gasteiger partial charge in [0.1, 0.15) is 0 Å². The summed E-state index contributed by atoms with van der Waals surface area (Å²) in [4.78, 5) is 15.9. The molecule has 0 atom stereocenters. The summed E-state index contributed by atoms with van der Waals surface area (Å²) in [6, 6.07) is 0. The number of methoxy groups -OCH3 is 1. The van der Waals surface area contributed by atoms with Gasteiger partial charge in [0.25, 0.3) is 0 Å². The highest BCUT2D eigenvalue weighted by atomic mass is 16.6. The first-order chi connectivity index (χ1) is 18.1. The normalized spacial score (nSPS) is 15.0. The summed E-state index contributed by atoms with van der Waals surface area (Å²) in [6.07, 6.45) is 0.459. The Labute approximate surface area is 223 Å². The fourth-order valence-corrected chi connectivity index (χ4v) is 3.42. The molecular formula is C26H52N2O9. The van der Waals surface area contributed by atoms with E-state index in [2.05, 4.69) is 23.6 Å². The SMILES string of the molecule is COC(=O)CCN1CCN(CCOCCOCCOCCOCCOCCOCCOCC(C)C)CC1. The van der Waals surface area contributed by atoms with E-state index in [0.717, 1.165) is 45.9 Å². The lowest BCUT2D eigenvalue weighted by atomic mass is 10.2. The maximum atomic E-state index is 11.2. The Kier molecular flexibility index (Phi) is 23.4. The molecule has 0 saturated carbocycles. The van der Waals surface area contributed by atoms with Crippen LogP contribution in [0.1, 0.15) is 20.3 Å². The first-order valence-electron chi connectivity index (χ1n) is 13.7. The lowest BCUT2D eigenvalue weighted by molar-refractivity contribution is -0.141. The molecule has 0 aromatic heterocycles. The van der Waals surface area contributed by atoms with Gasteiger partial charge >= 0.3 is 5.97 Å². The average molecular weight is 537 g/mol. The summed E-state index contributed by atoms with van der Waals surface area (Å²) in [5.74, 6) is 0.405.